The first-order chi connectivity index (χ1) is 14.4. The summed E-state index contributed by atoms with van der Waals surface area (Å²) in [6.07, 6.45) is 4.85. The summed E-state index contributed by atoms with van der Waals surface area (Å²) >= 11 is 0. The van der Waals surface area contributed by atoms with E-state index in [2.05, 4.69) is 32.3 Å². The zero-order valence-electron chi connectivity index (χ0n) is 19.1. The number of rotatable bonds is 9. The van der Waals surface area contributed by atoms with Crippen LogP contribution < -0.4 is 5.43 Å². The van der Waals surface area contributed by atoms with E-state index >= 15 is 0 Å². The van der Waals surface area contributed by atoms with E-state index in [1.807, 2.05) is 44.2 Å². The third kappa shape index (κ3) is 6.19. The van der Waals surface area contributed by atoms with Crippen molar-refractivity contribution in [3.05, 3.63) is 70.8 Å². The lowest BCUT2D eigenvalue weighted by molar-refractivity contribution is 0.0358. The summed E-state index contributed by atoms with van der Waals surface area (Å²) in [6, 6.07) is 14.9. The Morgan fingerprint density at radius 1 is 0.867 bits per heavy atom. The van der Waals surface area contributed by atoms with Gasteiger partial charge in [0.2, 0.25) is 0 Å². The third-order valence-corrected chi connectivity index (χ3v) is 5.59. The van der Waals surface area contributed by atoms with Crippen molar-refractivity contribution in [2.24, 2.45) is 5.92 Å². The quantitative estimate of drug-likeness (QED) is 0.511. The number of amides is 2. The van der Waals surface area contributed by atoms with E-state index in [0.717, 1.165) is 43.2 Å². The molecule has 2 amide bonds. The fourth-order valence-corrected chi connectivity index (χ4v) is 4.20. The Balaban J connectivity index is 2.45. The maximum atomic E-state index is 13.7. The number of carbonyl (C=O) groups excluding carboxylic acids is 2. The Kier molecular flexibility index (Phi) is 9.10. The lowest BCUT2D eigenvalue weighted by atomic mass is 9.88. The molecule has 2 aromatic rings. The molecule has 2 atom stereocenters. The average Bonchev–Trinajstić information content (AvgIpc) is 2.74. The minimum absolute atomic E-state index is 0.0408. The molecule has 0 aliphatic rings. The zero-order valence-corrected chi connectivity index (χ0v) is 19.1. The molecule has 2 aromatic carbocycles. The minimum Gasteiger partial charge on any atom is -0.267 e. The maximum absolute atomic E-state index is 13.7. The molecule has 4 nitrogen and oxygen atoms in total. The Morgan fingerprint density at radius 2 is 1.47 bits per heavy atom. The van der Waals surface area contributed by atoms with Gasteiger partial charge >= 0.3 is 0 Å². The van der Waals surface area contributed by atoms with Crippen molar-refractivity contribution >= 4 is 11.8 Å². The van der Waals surface area contributed by atoms with Gasteiger partial charge in [0.15, 0.2) is 0 Å². The molecule has 0 spiro atoms. The van der Waals surface area contributed by atoms with Crippen LogP contribution in [-0.4, -0.2) is 22.9 Å². The van der Waals surface area contributed by atoms with Gasteiger partial charge in [0.1, 0.15) is 0 Å². The summed E-state index contributed by atoms with van der Waals surface area (Å²) in [5, 5.41) is 1.62. The van der Waals surface area contributed by atoms with Crippen LogP contribution >= 0.6 is 0 Å². The van der Waals surface area contributed by atoms with Crippen molar-refractivity contribution in [1.82, 2.24) is 10.4 Å². The van der Waals surface area contributed by atoms with Crippen LogP contribution in [0.4, 0.5) is 0 Å². The van der Waals surface area contributed by atoms with Crippen LogP contribution in [-0.2, 0) is 0 Å². The average molecular weight is 409 g/mol. The van der Waals surface area contributed by atoms with Gasteiger partial charge in [-0.1, -0.05) is 75.4 Å². The van der Waals surface area contributed by atoms with Crippen molar-refractivity contribution in [2.75, 3.05) is 0 Å². The molecule has 1 N–H and O–H groups in total. The summed E-state index contributed by atoms with van der Waals surface area (Å²) in [5.41, 5.74) is 6.23. The van der Waals surface area contributed by atoms with E-state index in [-0.39, 0.29) is 17.9 Å². The first-order valence-corrected chi connectivity index (χ1v) is 11.2. The molecule has 0 saturated carbocycles. The van der Waals surface area contributed by atoms with E-state index < -0.39 is 0 Å². The van der Waals surface area contributed by atoms with Crippen LogP contribution in [0.3, 0.4) is 0 Å². The highest BCUT2D eigenvalue weighted by Crippen LogP contribution is 2.25. The highest BCUT2D eigenvalue weighted by molar-refractivity contribution is 5.99. The van der Waals surface area contributed by atoms with Crippen LogP contribution in [0.1, 0.15) is 84.7 Å². The number of nitrogens with zero attached hydrogens (tertiary/aromatic N) is 1. The fraction of sp³-hybridized carbons (Fsp3) is 0.462. The molecule has 0 radical (unpaired) electrons. The fourth-order valence-electron chi connectivity index (χ4n) is 4.20. The van der Waals surface area contributed by atoms with E-state index in [9.17, 15) is 9.59 Å². The zero-order chi connectivity index (χ0) is 22.1. The number of benzene rings is 2. The highest BCUT2D eigenvalue weighted by Gasteiger charge is 2.31. The number of aryl methyl sites for hydroxylation is 2. The van der Waals surface area contributed by atoms with Gasteiger partial charge in [-0.05, 0) is 56.9 Å². The van der Waals surface area contributed by atoms with Gasteiger partial charge in [0, 0.05) is 11.1 Å². The molecule has 0 aliphatic carbocycles. The third-order valence-electron chi connectivity index (χ3n) is 5.59. The molecule has 30 heavy (non-hydrogen) atoms. The Labute approximate surface area is 181 Å². The van der Waals surface area contributed by atoms with Gasteiger partial charge in [0.25, 0.3) is 11.8 Å². The Hall–Kier alpha value is -2.62. The predicted molar refractivity (Wildman–Crippen MR) is 123 cm³/mol. The van der Waals surface area contributed by atoms with Gasteiger partial charge < -0.3 is 0 Å². The minimum atomic E-state index is -0.249. The van der Waals surface area contributed by atoms with Crippen molar-refractivity contribution < 1.29 is 9.59 Å². The van der Waals surface area contributed by atoms with Crippen LogP contribution in [0.2, 0.25) is 0 Å². The van der Waals surface area contributed by atoms with Crippen molar-refractivity contribution in [2.45, 2.75) is 72.8 Å². The van der Waals surface area contributed by atoms with E-state index in [1.165, 1.54) is 0 Å². The molecule has 2 rings (SSSR count). The summed E-state index contributed by atoms with van der Waals surface area (Å²) in [5.74, 6) is -0.0549. The predicted octanol–water partition coefficient (Wildman–Crippen LogP) is 6.09. The molecule has 0 heterocycles. The van der Waals surface area contributed by atoms with E-state index in [1.54, 1.807) is 17.1 Å². The van der Waals surface area contributed by atoms with Gasteiger partial charge in [-0.2, -0.15) is 0 Å². The first-order valence-electron chi connectivity index (χ1n) is 11.2. The topological polar surface area (TPSA) is 49.4 Å². The van der Waals surface area contributed by atoms with E-state index in [0.29, 0.717) is 17.0 Å². The smallest absolute Gasteiger partial charge is 0.267 e. The van der Waals surface area contributed by atoms with Crippen LogP contribution in [0.25, 0.3) is 0 Å². The van der Waals surface area contributed by atoms with Gasteiger partial charge in [-0.3, -0.25) is 15.0 Å². The molecular weight excluding hydrogens is 372 g/mol. The second kappa shape index (κ2) is 11.5. The summed E-state index contributed by atoms with van der Waals surface area (Å²) in [6.45, 7) is 10.5. The molecule has 0 aromatic heterocycles. The molecular formula is C26H36N2O2. The van der Waals surface area contributed by atoms with Gasteiger partial charge in [-0.25, -0.2) is 5.01 Å². The largest absolute Gasteiger partial charge is 0.272 e. The molecule has 0 bridgehead atoms. The summed E-state index contributed by atoms with van der Waals surface area (Å²) < 4.78 is 0. The van der Waals surface area contributed by atoms with Gasteiger partial charge in [0.05, 0.1) is 6.04 Å². The molecule has 4 heteroatoms. The lowest BCUT2D eigenvalue weighted by Gasteiger charge is -2.37. The maximum Gasteiger partial charge on any atom is 0.272 e. The standard InChI is InChI=1S/C26H36N2O2/c1-6-12-21(8-3)24(13-7-2)28(27-25(29)22-14-10-9-11-15-22)26(30)23-17-19(4)16-20(5)18-23/h9-11,14-18,21,24H,6-8,12-13H2,1-5H3,(H,27,29). The van der Waals surface area contributed by atoms with Crippen molar-refractivity contribution in [3.63, 3.8) is 0 Å². The number of nitrogens with one attached hydrogen (secondary N) is 1. The second-order valence-electron chi connectivity index (χ2n) is 8.17. The molecule has 0 fully saturated rings. The first kappa shape index (κ1) is 23.7. The van der Waals surface area contributed by atoms with Crippen molar-refractivity contribution in [3.8, 4) is 0 Å². The van der Waals surface area contributed by atoms with Crippen LogP contribution in [0.5, 0.6) is 0 Å². The van der Waals surface area contributed by atoms with Crippen LogP contribution in [0, 0.1) is 19.8 Å². The summed E-state index contributed by atoms with van der Waals surface area (Å²) in [4.78, 5) is 26.7. The molecule has 0 aliphatic heterocycles. The molecule has 0 saturated heterocycles. The van der Waals surface area contributed by atoms with Gasteiger partial charge in [-0.15, -0.1) is 0 Å². The highest BCUT2D eigenvalue weighted by atomic mass is 16.2. The lowest BCUT2D eigenvalue weighted by Crippen LogP contribution is -2.54. The monoisotopic (exact) mass is 408 g/mol. The molecule has 2 unspecified atom stereocenters. The second-order valence-corrected chi connectivity index (χ2v) is 8.17. The molecule has 162 valence electrons. The normalized spacial score (nSPS) is 12.8. The Morgan fingerprint density at radius 3 is 2.00 bits per heavy atom. The Bertz CT molecular complexity index is 812. The number of hydrogen-bond acceptors (Lipinski definition) is 2. The summed E-state index contributed by atoms with van der Waals surface area (Å²) in [7, 11) is 0. The SMILES string of the molecule is CCCC(CC)C(CCC)N(NC(=O)c1ccccc1)C(=O)c1cc(C)cc(C)c1. The number of hydrogen-bond donors (Lipinski definition) is 1. The van der Waals surface area contributed by atoms with Crippen LogP contribution in [0.15, 0.2) is 48.5 Å². The van der Waals surface area contributed by atoms with Crippen molar-refractivity contribution in [1.29, 1.82) is 0 Å². The number of carbonyl (C=O) groups is 2. The number of hydrazine groups is 1. The van der Waals surface area contributed by atoms with E-state index in [4.69, 9.17) is 0 Å².